The molecule has 1 amide bonds. The number of likely N-dealkylation sites (tertiary alicyclic amines) is 1. The second-order valence-electron chi connectivity index (χ2n) is 6.50. The van der Waals surface area contributed by atoms with Gasteiger partial charge in [0.2, 0.25) is 0 Å². The molecule has 3 rings (SSSR count). The van der Waals surface area contributed by atoms with Crippen LogP contribution in [-0.4, -0.2) is 67.6 Å². The third kappa shape index (κ3) is 4.22. The maximum absolute atomic E-state index is 11.5. The van der Waals surface area contributed by atoms with Gasteiger partial charge in [0.25, 0.3) is 0 Å². The summed E-state index contributed by atoms with van der Waals surface area (Å²) in [6.07, 6.45) is 1.96. The molecule has 0 radical (unpaired) electrons. The first-order valence-corrected chi connectivity index (χ1v) is 8.63. The van der Waals surface area contributed by atoms with Crippen molar-refractivity contribution in [1.29, 1.82) is 0 Å². The van der Waals surface area contributed by atoms with E-state index in [9.17, 15) is 9.59 Å². The molecule has 2 aliphatic rings. The smallest absolute Gasteiger partial charge is 0.407 e. The van der Waals surface area contributed by atoms with E-state index in [0.29, 0.717) is 18.7 Å². The third-order valence-corrected chi connectivity index (χ3v) is 4.90. The van der Waals surface area contributed by atoms with Crippen LogP contribution in [-0.2, 0) is 9.47 Å². The number of benzene rings is 1. The van der Waals surface area contributed by atoms with Gasteiger partial charge < -0.3 is 24.4 Å². The lowest BCUT2D eigenvalue weighted by molar-refractivity contribution is -0.0172. The number of esters is 1. The van der Waals surface area contributed by atoms with Crippen molar-refractivity contribution in [1.82, 2.24) is 4.90 Å². The van der Waals surface area contributed by atoms with E-state index < -0.39 is 6.09 Å². The molecule has 1 atom stereocenters. The summed E-state index contributed by atoms with van der Waals surface area (Å²) < 4.78 is 10.8. The molecule has 1 aromatic rings. The van der Waals surface area contributed by atoms with Crippen molar-refractivity contribution in [3.63, 3.8) is 0 Å². The predicted molar refractivity (Wildman–Crippen MR) is 92.1 cm³/mol. The van der Waals surface area contributed by atoms with Gasteiger partial charge in [0, 0.05) is 25.3 Å². The number of ether oxygens (including phenoxy) is 2. The van der Waals surface area contributed by atoms with Crippen LogP contribution in [0, 0.1) is 0 Å². The molecule has 1 N–H and O–H groups in total. The Bertz CT molecular complexity index is 610. The monoisotopic (exact) mass is 348 g/mol. The van der Waals surface area contributed by atoms with Crippen molar-refractivity contribution in [2.75, 3.05) is 38.2 Å². The van der Waals surface area contributed by atoms with Crippen molar-refractivity contribution in [3.8, 4) is 0 Å². The molecular formula is C18H24N2O5. The molecule has 7 nitrogen and oxygen atoms in total. The molecule has 2 fully saturated rings. The lowest BCUT2D eigenvalue weighted by atomic mass is 10.1. The Morgan fingerprint density at radius 1 is 1.04 bits per heavy atom. The molecule has 1 aromatic carbocycles. The summed E-state index contributed by atoms with van der Waals surface area (Å²) in [6.45, 7) is 2.81. The van der Waals surface area contributed by atoms with Gasteiger partial charge >= 0.3 is 12.1 Å². The van der Waals surface area contributed by atoms with Crippen LogP contribution in [0.5, 0.6) is 0 Å². The van der Waals surface area contributed by atoms with Crippen LogP contribution in [0.25, 0.3) is 0 Å². The van der Waals surface area contributed by atoms with Gasteiger partial charge in [-0.1, -0.05) is 0 Å². The number of amides is 1. The molecule has 2 heterocycles. The number of hydrogen-bond donors (Lipinski definition) is 1. The Balaban J connectivity index is 1.47. The minimum Gasteiger partial charge on any atom is -0.465 e. The Kier molecular flexibility index (Phi) is 5.43. The van der Waals surface area contributed by atoms with Gasteiger partial charge in [-0.15, -0.1) is 0 Å². The van der Waals surface area contributed by atoms with Crippen LogP contribution < -0.4 is 4.90 Å². The van der Waals surface area contributed by atoms with Gasteiger partial charge in [0.05, 0.1) is 31.4 Å². The summed E-state index contributed by atoms with van der Waals surface area (Å²) >= 11 is 0. The Morgan fingerprint density at radius 3 is 2.24 bits per heavy atom. The first-order chi connectivity index (χ1) is 12.1. The number of nitrogens with zero attached hydrogens (tertiary/aromatic N) is 2. The van der Waals surface area contributed by atoms with Crippen molar-refractivity contribution in [2.45, 2.75) is 31.5 Å². The average Bonchev–Trinajstić information content (AvgIpc) is 3.11. The third-order valence-electron chi connectivity index (χ3n) is 4.90. The molecular weight excluding hydrogens is 324 g/mol. The van der Waals surface area contributed by atoms with E-state index in [1.807, 2.05) is 12.1 Å². The number of anilines is 1. The Hall–Kier alpha value is -2.28. The van der Waals surface area contributed by atoms with Crippen molar-refractivity contribution in [3.05, 3.63) is 29.8 Å². The van der Waals surface area contributed by atoms with E-state index in [0.717, 1.165) is 38.0 Å². The van der Waals surface area contributed by atoms with E-state index in [-0.39, 0.29) is 18.2 Å². The second kappa shape index (κ2) is 7.74. The second-order valence-corrected chi connectivity index (χ2v) is 6.50. The van der Waals surface area contributed by atoms with Gasteiger partial charge in [0.15, 0.2) is 0 Å². The summed E-state index contributed by atoms with van der Waals surface area (Å²) in [4.78, 5) is 26.1. The zero-order chi connectivity index (χ0) is 17.8. The highest BCUT2D eigenvalue weighted by Crippen LogP contribution is 2.24. The summed E-state index contributed by atoms with van der Waals surface area (Å²) in [7, 11) is 1.38. The van der Waals surface area contributed by atoms with Gasteiger partial charge in [-0.05, 0) is 43.5 Å². The van der Waals surface area contributed by atoms with Crippen LogP contribution in [0.1, 0.15) is 29.6 Å². The fourth-order valence-electron chi connectivity index (χ4n) is 3.46. The summed E-state index contributed by atoms with van der Waals surface area (Å²) in [5, 5.41) is 9.00. The van der Waals surface area contributed by atoms with E-state index in [4.69, 9.17) is 14.6 Å². The van der Waals surface area contributed by atoms with E-state index in [1.165, 1.54) is 12.0 Å². The highest BCUT2D eigenvalue weighted by Gasteiger charge is 2.30. The number of piperidine rings is 1. The number of carbonyl (C=O) groups excluding carboxylic acids is 1. The van der Waals surface area contributed by atoms with Crippen LogP contribution in [0.15, 0.2) is 24.3 Å². The van der Waals surface area contributed by atoms with E-state index in [2.05, 4.69) is 4.90 Å². The van der Waals surface area contributed by atoms with Crippen LogP contribution >= 0.6 is 0 Å². The minimum atomic E-state index is -0.865. The molecule has 25 heavy (non-hydrogen) atoms. The van der Waals surface area contributed by atoms with Crippen molar-refractivity contribution in [2.24, 2.45) is 0 Å². The number of carbonyl (C=O) groups is 2. The molecule has 136 valence electrons. The first kappa shape index (κ1) is 17.5. The molecule has 0 aliphatic carbocycles. The van der Waals surface area contributed by atoms with Crippen LogP contribution in [0.2, 0.25) is 0 Å². The average molecular weight is 348 g/mol. The van der Waals surface area contributed by atoms with Crippen LogP contribution in [0.3, 0.4) is 0 Å². The van der Waals surface area contributed by atoms with Crippen LogP contribution in [0.4, 0.5) is 10.5 Å². The number of carboxylic acid groups (broad SMARTS) is 1. The normalized spacial score (nSPS) is 21.4. The minimum absolute atomic E-state index is 0.0204. The molecule has 1 unspecified atom stereocenters. The Labute approximate surface area is 147 Å². The van der Waals surface area contributed by atoms with E-state index >= 15 is 0 Å². The predicted octanol–water partition coefficient (Wildman–Crippen LogP) is 2.21. The molecule has 2 aliphatic heterocycles. The molecule has 0 aromatic heterocycles. The lowest BCUT2D eigenvalue weighted by Crippen LogP contribution is -2.39. The zero-order valence-corrected chi connectivity index (χ0v) is 14.4. The Morgan fingerprint density at radius 2 is 1.68 bits per heavy atom. The maximum atomic E-state index is 11.5. The number of hydrogen-bond acceptors (Lipinski definition) is 5. The quantitative estimate of drug-likeness (QED) is 0.841. The van der Waals surface area contributed by atoms with Gasteiger partial charge in [-0.3, -0.25) is 0 Å². The molecule has 0 saturated carbocycles. The van der Waals surface area contributed by atoms with Gasteiger partial charge in [0.1, 0.15) is 0 Å². The van der Waals surface area contributed by atoms with Gasteiger partial charge in [-0.2, -0.15) is 0 Å². The molecule has 2 saturated heterocycles. The molecule has 7 heteroatoms. The topological polar surface area (TPSA) is 79.3 Å². The summed E-state index contributed by atoms with van der Waals surface area (Å²) in [6, 6.07) is 7.44. The fourth-order valence-corrected chi connectivity index (χ4v) is 3.46. The van der Waals surface area contributed by atoms with E-state index in [1.54, 1.807) is 12.1 Å². The number of rotatable bonds is 4. The van der Waals surface area contributed by atoms with Crippen molar-refractivity contribution < 1.29 is 24.2 Å². The largest absolute Gasteiger partial charge is 0.465 e. The van der Waals surface area contributed by atoms with Gasteiger partial charge in [-0.25, -0.2) is 9.59 Å². The lowest BCUT2D eigenvalue weighted by Gasteiger charge is -2.34. The zero-order valence-electron chi connectivity index (χ0n) is 14.4. The SMILES string of the molecule is COC(=O)c1ccc(N2CCC(OC3CCN(C(=O)O)C3)CC2)cc1. The first-order valence-electron chi connectivity index (χ1n) is 8.63. The molecule has 0 bridgehead atoms. The van der Waals surface area contributed by atoms with Crippen molar-refractivity contribution >= 4 is 17.7 Å². The maximum Gasteiger partial charge on any atom is 0.407 e. The summed E-state index contributed by atoms with van der Waals surface area (Å²) in [5.41, 5.74) is 1.64. The highest BCUT2D eigenvalue weighted by atomic mass is 16.5. The number of methoxy groups -OCH3 is 1. The standard InChI is InChI=1S/C18H24N2O5/c1-24-17(21)13-2-4-14(5-3-13)19-9-6-15(7-10-19)25-16-8-11-20(12-16)18(22)23/h2-5,15-16H,6-12H2,1H3,(H,22,23). The fraction of sp³-hybridized carbons (Fsp3) is 0.556. The molecule has 0 spiro atoms. The highest BCUT2D eigenvalue weighted by molar-refractivity contribution is 5.89. The summed E-state index contributed by atoms with van der Waals surface area (Å²) in [5.74, 6) is -0.328.